The van der Waals surface area contributed by atoms with E-state index >= 15 is 0 Å². The molecule has 0 radical (unpaired) electrons. The summed E-state index contributed by atoms with van der Waals surface area (Å²) in [7, 11) is 0. The predicted octanol–water partition coefficient (Wildman–Crippen LogP) is 2.92. The van der Waals surface area contributed by atoms with E-state index in [2.05, 4.69) is 6.92 Å². The molecule has 2 heteroatoms. The molecule has 0 atom stereocenters. The lowest BCUT2D eigenvalue weighted by molar-refractivity contribution is -0.118. The summed E-state index contributed by atoms with van der Waals surface area (Å²) in [6.45, 7) is 3.96. The van der Waals surface area contributed by atoms with Gasteiger partial charge in [-0.05, 0) is 18.2 Å². The maximum atomic E-state index is 11.0. The minimum absolute atomic E-state index is 0.297. The Morgan fingerprint density at radius 3 is 2.45 bits per heavy atom. The molecule has 0 aliphatic heterocycles. The van der Waals surface area contributed by atoms with Gasteiger partial charge in [0.1, 0.15) is 5.78 Å². The second-order valence-corrected chi connectivity index (χ2v) is 3.57. The molecule has 0 spiro atoms. The topological polar surface area (TPSA) is 17.1 Å². The Balaban J connectivity index is 3.30. The highest BCUT2D eigenvalue weighted by Crippen LogP contribution is 2.02. The fraction of sp³-hybridized carbons (Fsp3) is 0.778. The van der Waals surface area contributed by atoms with Gasteiger partial charge in [0.2, 0.25) is 0 Å². The summed E-state index contributed by atoms with van der Waals surface area (Å²) in [5.41, 5.74) is 0. The lowest BCUT2D eigenvalue weighted by Crippen LogP contribution is -2.02. The van der Waals surface area contributed by atoms with Crippen molar-refractivity contribution in [1.82, 2.24) is 0 Å². The summed E-state index contributed by atoms with van der Waals surface area (Å²) < 4.78 is 0. The molecule has 0 amide bonds. The molecule has 0 fully saturated rings. The summed E-state index contributed by atoms with van der Waals surface area (Å²) in [5.74, 6) is 0.297. The first-order chi connectivity index (χ1) is 5.16. The number of rotatable bonds is 6. The van der Waals surface area contributed by atoms with Gasteiger partial charge in [0.15, 0.2) is 0 Å². The Morgan fingerprint density at radius 1 is 1.36 bits per heavy atom. The largest absolute Gasteiger partial charge is 0.299 e. The van der Waals surface area contributed by atoms with Gasteiger partial charge in [-0.15, -0.1) is 0 Å². The van der Waals surface area contributed by atoms with Crippen LogP contribution in [0.2, 0.25) is 0 Å². The third-order valence-corrected chi connectivity index (χ3v) is 1.65. The highest BCUT2D eigenvalue weighted by molar-refractivity contribution is 7.80. The zero-order valence-electron chi connectivity index (χ0n) is 7.35. The zero-order valence-corrected chi connectivity index (χ0v) is 8.17. The van der Waals surface area contributed by atoms with Crippen LogP contribution in [0.15, 0.2) is 0 Å². The van der Waals surface area contributed by atoms with Gasteiger partial charge in [-0.2, -0.15) is 0 Å². The second-order valence-electron chi connectivity index (χ2n) is 2.87. The fourth-order valence-electron chi connectivity index (χ4n) is 0.938. The Morgan fingerprint density at radius 2 is 2.00 bits per heavy atom. The van der Waals surface area contributed by atoms with Crippen LogP contribution < -0.4 is 0 Å². The molecule has 0 heterocycles. The molecule has 0 aliphatic rings. The van der Waals surface area contributed by atoms with E-state index in [0.29, 0.717) is 18.6 Å². The van der Waals surface area contributed by atoms with E-state index in [9.17, 15) is 4.79 Å². The predicted molar refractivity (Wildman–Crippen MR) is 52.0 cm³/mol. The van der Waals surface area contributed by atoms with Crippen molar-refractivity contribution in [3.05, 3.63) is 0 Å². The molecule has 64 valence electrons. The van der Waals surface area contributed by atoms with Gasteiger partial charge in [0.05, 0.1) is 0 Å². The maximum absolute atomic E-state index is 11.0. The highest BCUT2D eigenvalue weighted by atomic mass is 32.1. The molecule has 0 aromatic heterocycles. The van der Waals surface area contributed by atoms with E-state index in [0.717, 1.165) is 17.7 Å². The molecule has 0 bridgehead atoms. The van der Waals surface area contributed by atoms with Crippen LogP contribution in [-0.4, -0.2) is 10.6 Å². The molecule has 0 aromatic carbocycles. The molecule has 0 unspecified atom stereocenters. The summed E-state index contributed by atoms with van der Waals surface area (Å²) in [6.07, 6.45) is 4.56. The third kappa shape index (κ3) is 7.66. The Hall–Kier alpha value is -0.240. The average Bonchev–Trinajstić information content (AvgIpc) is 1.86. The molecule has 0 saturated heterocycles. The number of carbonyl (C=O) groups excluding carboxylic acids is 1. The van der Waals surface area contributed by atoms with Crippen LogP contribution in [0.3, 0.4) is 0 Å². The Bertz CT molecular complexity index is 140. The normalized spacial score (nSPS) is 9.64. The highest BCUT2D eigenvalue weighted by Gasteiger charge is 2.01. The van der Waals surface area contributed by atoms with Crippen molar-refractivity contribution < 1.29 is 4.79 Å². The van der Waals surface area contributed by atoms with Crippen molar-refractivity contribution in [2.45, 2.75) is 46.0 Å². The van der Waals surface area contributed by atoms with Crippen molar-refractivity contribution in [3.63, 3.8) is 0 Å². The summed E-state index contributed by atoms with van der Waals surface area (Å²) in [6, 6.07) is 0. The number of hydrogen-bond donors (Lipinski definition) is 0. The number of carbonyl (C=O) groups is 1. The maximum Gasteiger partial charge on any atom is 0.137 e. The van der Waals surface area contributed by atoms with Gasteiger partial charge < -0.3 is 0 Å². The zero-order chi connectivity index (χ0) is 8.69. The number of unbranched alkanes of at least 4 members (excludes halogenated alkanes) is 2. The summed E-state index contributed by atoms with van der Waals surface area (Å²) in [4.78, 5) is 11.9. The van der Waals surface area contributed by atoms with E-state index in [-0.39, 0.29) is 0 Å². The van der Waals surface area contributed by atoms with Crippen LogP contribution in [-0.2, 0) is 4.79 Å². The lowest BCUT2D eigenvalue weighted by Gasteiger charge is -1.97. The smallest absolute Gasteiger partial charge is 0.137 e. The van der Waals surface area contributed by atoms with Crippen LogP contribution in [0, 0.1) is 0 Å². The minimum Gasteiger partial charge on any atom is -0.299 e. The molecule has 0 saturated carbocycles. The number of Topliss-reactive ketones (excluding diaryl/α,β-unsaturated/α-hetero) is 1. The van der Waals surface area contributed by atoms with Crippen molar-refractivity contribution in [1.29, 1.82) is 0 Å². The average molecular weight is 172 g/mol. The minimum atomic E-state index is 0.297. The summed E-state index contributed by atoms with van der Waals surface area (Å²) >= 11 is 4.83. The Labute approximate surface area is 74.2 Å². The SMILES string of the molecule is CCCCCC(=O)CC(C)=S. The van der Waals surface area contributed by atoms with Crippen LogP contribution in [0.25, 0.3) is 0 Å². The Kier molecular flexibility index (Phi) is 6.33. The monoisotopic (exact) mass is 172 g/mol. The number of hydrogen-bond acceptors (Lipinski definition) is 2. The molecule has 0 N–H and O–H groups in total. The van der Waals surface area contributed by atoms with Crippen LogP contribution >= 0.6 is 12.2 Å². The quantitative estimate of drug-likeness (QED) is 0.452. The first kappa shape index (κ1) is 10.8. The number of thiocarbonyl (C=S) groups is 1. The molecule has 0 rings (SSSR count). The van der Waals surface area contributed by atoms with Crippen LogP contribution in [0.1, 0.15) is 46.0 Å². The molecular weight excluding hydrogens is 156 g/mol. The van der Waals surface area contributed by atoms with Crippen LogP contribution in [0.5, 0.6) is 0 Å². The first-order valence-electron chi connectivity index (χ1n) is 4.18. The first-order valence-corrected chi connectivity index (χ1v) is 4.58. The van der Waals surface area contributed by atoms with Crippen molar-refractivity contribution in [2.24, 2.45) is 0 Å². The number of ketones is 1. The molecule has 0 aliphatic carbocycles. The van der Waals surface area contributed by atoms with E-state index in [1.807, 2.05) is 6.92 Å². The van der Waals surface area contributed by atoms with Crippen molar-refractivity contribution >= 4 is 22.9 Å². The van der Waals surface area contributed by atoms with Gasteiger partial charge in [0, 0.05) is 12.8 Å². The van der Waals surface area contributed by atoms with Crippen molar-refractivity contribution in [3.8, 4) is 0 Å². The lowest BCUT2D eigenvalue weighted by atomic mass is 10.1. The van der Waals surface area contributed by atoms with E-state index in [1.54, 1.807) is 0 Å². The van der Waals surface area contributed by atoms with Gasteiger partial charge >= 0.3 is 0 Å². The van der Waals surface area contributed by atoms with E-state index in [1.165, 1.54) is 6.42 Å². The van der Waals surface area contributed by atoms with Gasteiger partial charge in [-0.25, -0.2) is 0 Å². The van der Waals surface area contributed by atoms with E-state index in [4.69, 9.17) is 12.2 Å². The molecular formula is C9H16OS. The van der Waals surface area contributed by atoms with Crippen LogP contribution in [0.4, 0.5) is 0 Å². The fourth-order valence-corrected chi connectivity index (χ4v) is 1.10. The van der Waals surface area contributed by atoms with Crippen molar-refractivity contribution in [2.75, 3.05) is 0 Å². The molecule has 0 aromatic rings. The standard InChI is InChI=1S/C9H16OS/c1-3-4-5-6-9(10)7-8(2)11/h3-7H2,1-2H3. The van der Waals surface area contributed by atoms with E-state index < -0.39 is 0 Å². The second kappa shape index (κ2) is 6.47. The van der Waals surface area contributed by atoms with Gasteiger partial charge in [-0.1, -0.05) is 32.0 Å². The van der Waals surface area contributed by atoms with Gasteiger partial charge in [-0.3, -0.25) is 4.79 Å². The summed E-state index contributed by atoms with van der Waals surface area (Å²) in [5, 5.41) is 0. The molecule has 1 nitrogen and oxygen atoms in total. The third-order valence-electron chi connectivity index (χ3n) is 1.51. The van der Waals surface area contributed by atoms with Gasteiger partial charge in [0.25, 0.3) is 0 Å². The molecule has 11 heavy (non-hydrogen) atoms.